The summed E-state index contributed by atoms with van der Waals surface area (Å²) in [5.74, 6) is 0.132. The Kier molecular flexibility index (Phi) is 4.84. The SMILES string of the molecule is CNC(=O)c1ccc(NCC2CCCCC2O)c(N)c1. The summed E-state index contributed by atoms with van der Waals surface area (Å²) in [6, 6.07) is 5.22. The van der Waals surface area contributed by atoms with Crippen LogP contribution < -0.4 is 16.4 Å². The Labute approximate surface area is 119 Å². The lowest BCUT2D eigenvalue weighted by atomic mass is 9.86. The van der Waals surface area contributed by atoms with Crippen molar-refractivity contribution in [1.29, 1.82) is 0 Å². The number of hydrogen-bond donors (Lipinski definition) is 4. The van der Waals surface area contributed by atoms with E-state index < -0.39 is 0 Å². The lowest BCUT2D eigenvalue weighted by Gasteiger charge is -2.28. The van der Waals surface area contributed by atoms with Crippen LogP contribution >= 0.6 is 0 Å². The van der Waals surface area contributed by atoms with Gasteiger partial charge in [0.2, 0.25) is 0 Å². The van der Waals surface area contributed by atoms with Gasteiger partial charge < -0.3 is 21.5 Å². The van der Waals surface area contributed by atoms with Crippen molar-refractivity contribution in [2.24, 2.45) is 5.92 Å². The fourth-order valence-electron chi connectivity index (χ4n) is 2.68. The molecule has 1 aliphatic carbocycles. The fourth-order valence-corrected chi connectivity index (χ4v) is 2.68. The van der Waals surface area contributed by atoms with E-state index in [0.717, 1.165) is 24.9 Å². The van der Waals surface area contributed by atoms with Crippen molar-refractivity contribution in [2.75, 3.05) is 24.6 Å². The smallest absolute Gasteiger partial charge is 0.251 e. The first-order valence-electron chi connectivity index (χ1n) is 7.15. The lowest BCUT2D eigenvalue weighted by Crippen LogP contribution is -2.30. The average Bonchev–Trinajstić information content (AvgIpc) is 2.46. The summed E-state index contributed by atoms with van der Waals surface area (Å²) < 4.78 is 0. The van der Waals surface area contributed by atoms with E-state index in [9.17, 15) is 9.90 Å². The minimum atomic E-state index is -0.220. The van der Waals surface area contributed by atoms with Crippen LogP contribution in [0.5, 0.6) is 0 Å². The molecule has 0 aromatic heterocycles. The van der Waals surface area contributed by atoms with Gasteiger partial charge in [-0.05, 0) is 31.0 Å². The number of benzene rings is 1. The molecule has 5 heteroatoms. The molecule has 0 saturated heterocycles. The van der Waals surface area contributed by atoms with E-state index >= 15 is 0 Å². The fraction of sp³-hybridized carbons (Fsp3) is 0.533. The maximum absolute atomic E-state index is 11.5. The molecular formula is C15H23N3O2. The number of aliphatic hydroxyl groups excluding tert-OH is 1. The molecule has 1 aromatic carbocycles. The number of aliphatic hydroxyl groups is 1. The predicted octanol–water partition coefficient (Wildman–Crippen LogP) is 1.59. The van der Waals surface area contributed by atoms with Crippen LogP contribution in [-0.4, -0.2) is 30.7 Å². The van der Waals surface area contributed by atoms with Crippen LogP contribution in [0.25, 0.3) is 0 Å². The Balaban J connectivity index is 1.97. The second kappa shape index (κ2) is 6.61. The first kappa shape index (κ1) is 14.7. The highest BCUT2D eigenvalue weighted by Gasteiger charge is 2.22. The zero-order chi connectivity index (χ0) is 14.5. The van der Waals surface area contributed by atoms with Gasteiger partial charge in [0, 0.05) is 25.1 Å². The number of carbonyl (C=O) groups is 1. The van der Waals surface area contributed by atoms with E-state index in [1.807, 2.05) is 6.07 Å². The molecular weight excluding hydrogens is 254 g/mol. The third-order valence-corrected chi connectivity index (χ3v) is 3.96. The number of carbonyl (C=O) groups excluding carboxylic acids is 1. The number of hydrogen-bond acceptors (Lipinski definition) is 4. The molecule has 0 bridgehead atoms. The van der Waals surface area contributed by atoms with E-state index in [0.29, 0.717) is 17.8 Å². The Morgan fingerprint density at radius 1 is 1.40 bits per heavy atom. The maximum Gasteiger partial charge on any atom is 0.251 e. The number of nitrogens with one attached hydrogen (secondary N) is 2. The Morgan fingerprint density at radius 3 is 2.80 bits per heavy atom. The van der Waals surface area contributed by atoms with Crippen LogP contribution in [0.2, 0.25) is 0 Å². The highest BCUT2D eigenvalue weighted by Crippen LogP contribution is 2.26. The molecule has 1 fully saturated rings. The number of anilines is 2. The standard InChI is InChI=1S/C15H23N3O2/c1-17-15(20)10-6-7-13(12(16)8-10)18-9-11-4-2-3-5-14(11)19/h6-8,11,14,18-19H,2-5,9,16H2,1H3,(H,17,20). The van der Waals surface area contributed by atoms with Gasteiger partial charge >= 0.3 is 0 Å². The van der Waals surface area contributed by atoms with Gasteiger partial charge in [-0.3, -0.25) is 4.79 Å². The molecule has 1 amide bonds. The Morgan fingerprint density at radius 2 is 2.15 bits per heavy atom. The van der Waals surface area contributed by atoms with Gasteiger partial charge in [0.15, 0.2) is 0 Å². The van der Waals surface area contributed by atoms with Gasteiger partial charge in [-0.25, -0.2) is 0 Å². The number of nitrogen functional groups attached to an aromatic ring is 1. The molecule has 0 radical (unpaired) electrons. The van der Waals surface area contributed by atoms with E-state index in [-0.39, 0.29) is 17.9 Å². The molecule has 110 valence electrons. The van der Waals surface area contributed by atoms with E-state index in [1.165, 1.54) is 6.42 Å². The van der Waals surface area contributed by atoms with Crippen LogP contribution in [-0.2, 0) is 0 Å². The van der Waals surface area contributed by atoms with Crippen molar-refractivity contribution in [3.8, 4) is 0 Å². The third kappa shape index (κ3) is 3.42. The highest BCUT2D eigenvalue weighted by atomic mass is 16.3. The van der Waals surface area contributed by atoms with Gasteiger partial charge in [-0.15, -0.1) is 0 Å². The summed E-state index contributed by atoms with van der Waals surface area (Å²) in [5, 5.41) is 15.8. The van der Waals surface area contributed by atoms with Crippen molar-refractivity contribution in [3.05, 3.63) is 23.8 Å². The van der Waals surface area contributed by atoms with Crippen LogP contribution in [0.15, 0.2) is 18.2 Å². The van der Waals surface area contributed by atoms with Crippen molar-refractivity contribution in [2.45, 2.75) is 31.8 Å². The molecule has 0 spiro atoms. The molecule has 1 saturated carbocycles. The molecule has 5 N–H and O–H groups in total. The zero-order valence-electron chi connectivity index (χ0n) is 11.9. The van der Waals surface area contributed by atoms with Gasteiger partial charge in [0.1, 0.15) is 0 Å². The first-order valence-corrected chi connectivity index (χ1v) is 7.15. The third-order valence-electron chi connectivity index (χ3n) is 3.96. The van der Waals surface area contributed by atoms with Crippen molar-refractivity contribution in [3.63, 3.8) is 0 Å². The zero-order valence-corrected chi connectivity index (χ0v) is 11.9. The van der Waals surface area contributed by atoms with Crippen molar-refractivity contribution < 1.29 is 9.90 Å². The number of amides is 1. The molecule has 2 atom stereocenters. The van der Waals surface area contributed by atoms with Crippen LogP contribution in [0.3, 0.4) is 0 Å². The van der Waals surface area contributed by atoms with Gasteiger partial charge in [-0.2, -0.15) is 0 Å². The second-order valence-corrected chi connectivity index (χ2v) is 5.37. The van der Waals surface area contributed by atoms with E-state index in [1.54, 1.807) is 19.2 Å². The maximum atomic E-state index is 11.5. The van der Waals surface area contributed by atoms with Crippen LogP contribution in [0.1, 0.15) is 36.0 Å². The van der Waals surface area contributed by atoms with Crippen molar-refractivity contribution >= 4 is 17.3 Å². The van der Waals surface area contributed by atoms with Crippen LogP contribution in [0.4, 0.5) is 11.4 Å². The Bertz CT molecular complexity index is 476. The monoisotopic (exact) mass is 277 g/mol. The second-order valence-electron chi connectivity index (χ2n) is 5.37. The summed E-state index contributed by atoms with van der Waals surface area (Å²) in [4.78, 5) is 11.5. The molecule has 0 aliphatic heterocycles. The summed E-state index contributed by atoms with van der Waals surface area (Å²) >= 11 is 0. The lowest BCUT2D eigenvalue weighted by molar-refractivity contribution is 0.0763. The van der Waals surface area contributed by atoms with E-state index in [4.69, 9.17) is 5.73 Å². The normalized spacial score (nSPS) is 22.3. The molecule has 2 rings (SSSR count). The summed E-state index contributed by atoms with van der Waals surface area (Å²) in [7, 11) is 1.59. The average molecular weight is 277 g/mol. The molecule has 5 nitrogen and oxygen atoms in total. The minimum Gasteiger partial charge on any atom is -0.397 e. The predicted molar refractivity (Wildman–Crippen MR) is 80.7 cm³/mol. The van der Waals surface area contributed by atoms with Gasteiger partial charge in [0.05, 0.1) is 17.5 Å². The molecule has 0 heterocycles. The topological polar surface area (TPSA) is 87.4 Å². The largest absolute Gasteiger partial charge is 0.397 e. The summed E-state index contributed by atoms with van der Waals surface area (Å²) in [5.41, 5.74) is 7.88. The van der Waals surface area contributed by atoms with Crippen molar-refractivity contribution in [1.82, 2.24) is 5.32 Å². The summed E-state index contributed by atoms with van der Waals surface area (Å²) in [6.07, 6.45) is 4.00. The number of nitrogens with two attached hydrogens (primary N) is 1. The van der Waals surface area contributed by atoms with E-state index in [2.05, 4.69) is 10.6 Å². The highest BCUT2D eigenvalue weighted by molar-refractivity contribution is 5.95. The molecule has 20 heavy (non-hydrogen) atoms. The first-order chi connectivity index (χ1) is 9.61. The molecule has 2 unspecified atom stereocenters. The number of rotatable bonds is 4. The van der Waals surface area contributed by atoms with Gasteiger partial charge in [-0.1, -0.05) is 12.8 Å². The molecule has 1 aliphatic rings. The van der Waals surface area contributed by atoms with Gasteiger partial charge in [0.25, 0.3) is 5.91 Å². The minimum absolute atomic E-state index is 0.147. The molecule has 1 aromatic rings. The van der Waals surface area contributed by atoms with Crippen LogP contribution in [0, 0.1) is 5.92 Å². The summed E-state index contributed by atoms with van der Waals surface area (Å²) in [6.45, 7) is 0.713. The Hall–Kier alpha value is -1.75. The quantitative estimate of drug-likeness (QED) is 0.629.